The summed E-state index contributed by atoms with van der Waals surface area (Å²) >= 11 is 5.78. The van der Waals surface area contributed by atoms with Gasteiger partial charge in [-0.2, -0.15) is 0 Å². The normalized spacial score (nSPS) is 16.6. The van der Waals surface area contributed by atoms with Crippen molar-refractivity contribution in [3.8, 4) is 0 Å². The van der Waals surface area contributed by atoms with Crippen molar-refractivity contribution in [3.63, 3.8) is 0 Å². The van der Waals surface area contributed by atoms with Crippen LogP contribution in [0, 0.1) is 0 Å². The maximum absolute atomic E-state index is 12.0. The van der Waals surface area contributed by atoms with Crippen molar-refractivity contribution in [2.24, 2.45) is 5.73 Å². The molecule has 0 unspecified atom stereocenters. The van der Waals surface area contributed by atoms with Gasteiger partial charge in [0.1, 0.15) is 0 Å². The fraction of sp³-hybridized carbons (Fsp3) is 0.500. The van der Waals surface area contributed by atoms with E-state index in [1.807, 2.05) is 0 Å². The lowest BCUT2D eigenvalue weighted by molar-refractivity contribution is -0.126. The van der Waals surface area contributed by atoms with E-state index in [1.54, 1.807) is 12.1 Å². The van der Waals surface area contributed by atoms with Crippen LogP contribution in [-0.2, 0) is 14.8 Å². The number of nitrogens with two attached hydrogens (primary N) is 1. The van der Waals surface area contributed by atoms with Gasteiger partial charge in [0.05, 0.1) is 10.4 Å². The highest BCUT2D eigenvalue weighted by Gasteiger charge is 2.36. The minimum atomic E-state index is -3.63. The van der Waals surface area contributed by atoms with Crippen molar-refractivity contribution < 1.29 is 13.2 Å². The number of halogens is 2. The standard InChI is InChI=1S/C14H20ClN3O3S.ClH/c15-11-4-3-5-12(10-11)22(20,21)18-9-8-17-13(19)14(16)6-1-2-7-14;/h3-5,10,18H,1-2,6-9,16H2,(H,17,19);1H. The molecule has 0 aliphatic heterocycles. The first-order valence-electron chi connectivity index (χ1n) is 7.16. The molecule has 130 valence electrons. The molecule has 0 spiro atoms. The van der Waals surface area contributed by atoms with E-state index >= 15 is 0 Å². The Morgan fingerprint density at radius 3 is 2.52 bits per heavy atom. The third kappa shape index (κ3) is 5.32. The highest BCUT2D eigenvalue weighted by Crippen LogP contribution is 2.27. The van der Waals surface area contributed by atoms with Gasteiger partial charge in [-0.15, -0.1) is 12.4 Å². The second kappa shape index (κ2) is 8.30. The fourth-order valence-corrected chi connectivity index (χ4v) is 3.82. The molecular weight excluding hydrogens is 361 g/mol. The largest absolute Gasteiger partial charge is 0.353 e. The molecule has 0 radical (unpaired) electrons. The van der Waals surface area contributed by atoms with Crippen molar-refractivity contribution in [2.75, 3.05) is 13.1 Å². The van der Waals surface area contributed by atoms with Crippen molar-refractivity contribution in [1.82, 2.24) is 10.0 Å². The van der Waals surface area contributed by atoms with Crippen LogP contribution in [0.5, 0.6) is 0 Å². The first-order valence-corrected chi connectivity index (χ1v) is 9.02. The molecule has 0 bridgehead atoms. The number of benzene rings is 1. The first kappa shape index (κ1) is 20.2. The second-order valence-electron chi connectivity index (χ2n) is 5.47. The molecule has 1 fully saturated rings. The van der Waals surface area contributed by atoms with Gasteiger partial charge >= 0.3 is 0 Å². The van der Waals surface area contributed by atoms with E-state index in [0.717, 1.165) is 12.8 Å². The number of carbonyl (C=O) groups is 1. The number of amides is 1. The summed E-state index contributed by atoms with van der Waals surface area (Å²) in [5, 5.41) is 3.03. The quantitative estimate of drug-likeness (QED) is 0.648. The third-order valence-corrected chi connectivity index (χ3v) is 5.45. The minimum Gasteiger partial charge on any atom is -0.353 e. The van der Waals surface area contributed by atoms with Crippen LogP contribution >= 0.6 is 24.0 Å². The smallest absolute Gasteiger partial charge is 0.240 e. The SMILES string of the molecule is Cl.NC1(C(=O)NCCNS(=O)(=O)c2cccc(Cl)c2)CCCC1. The van der Waals surface area contributed by atoms with Gasteiger partial charge in [-0.1, -0.05) is 30.5 Å². The molecule has 2 rings (SSSR count). The Bertz CT molecular complexity index is 646. The average Bonchev–Trinajstić information content (AvgIpc) is 2.91. The van der Waals surface area contributed by atoms with Gasteiger partial charge in [-0.3, -0.25) is 4.79 Å². The Morgan fingerprint density at radius 2 is 1.91 bits per heavy atom. The highest BCUT2D eigenvalue weighted by molar-refractivity contribution is 7.89. The van der Waals surface area contributed by atoms with Gasteiger partial charge in [0, 0.05) is 18.1 Å². The molecule has 23 heavy (non-hydrogen) atoms. The van der Waals surface area contributed by atoms with Crippen molar-refractivity contribution in [2.45, 2.75) is 36.1 Å². The molecule has 0 heterocycles. The number of hydrogen-bond donors (Lipinski definition) is 3. The number of hydrogen-bond acceptors (Lipinski definition) is 4. The lowest BCUT2D eigenvalue weighted by Crippen LogP contribution is -2.53. The summed E-state index contributed by atoms with van der Waals surface area (Å²) in [5.41, 5.74) is 5.21. The lowest BCUT2D eigenvalue weighted by atomic mass is 9.98. The van der Waals surface area contributed by atoms with Crippen LogP contribution in [0.15, 0.2) is 29.2 Å². The second-order valence-corrected chi connectivity index (χ2v) is 7.68. The van der Waals surface area contributed by atoms with Gasteiger partial charge in [0.15, 0.2) is 0 Å². The zero-order valence-corrected chi connectivity index (χ0v) is 14.9. The molecule has 4 N–H and O–H groups in total. The predicted molar refractivity (Wildman–Crippen MR) is 92.3 cm³/mol. The summed E-state index contributed by atoms with van der Waals surface area (Å²) in [6, 6.07) is 6.00. The molecule has 0 atom stereocenters. The van der Waals surface area contributed by atoms with E-state index in [9.17, 15) is 13.2 Å². The van der Waals surface area contributed by atoms with Crippen LogP contribution < -0.4 is 15.8 Å². The zero-order valence-electron chi connectivity index (χ0n) is 12.5. The molecule has 1 amide bonds. The molecule has 9 heteroatoms. The van der Waals surface area contributed by atoms with Crippen LogP contribution in [0.25, 0.3) is 0 Å². The number of rotatable bonds is 6. The average molecular weight is 382 g/mol. The Balaban J connectivity index is 0.00000264. The molecule has 1 aromatic rings. The maximum Gasteiger partial charge on any atom is 0.240 e. The first-order chi connectivity index (χ1) is 10.3. The summed E-state index contributed by atoms with van der Waals surface area (Å²) in [5.74, 6) is -0.216. The predicted octanol–water partition coefficient (Wildman–Crippen LogP) is 1.43. The molecular formula is C14H21Cl2N3O3S. The number of carbonyl (C=O) groups excluding carboxylic acids is 1. The Labute approximate surface area is 147 Å². The van der Waals surface area contributed by atoms with Crippen LogP contribution in [0.3, 0.4) is 0 Å². The topological polar surface area (TPSA) is 101 Å². The summed E-state index contributed by atoms with van der Waals surface area (Å²) < 4.78 is 26.5. The van der Waals surface area contributed by atoms with Gasteiger partial charge < -0.3 is 11.1 Å². The van der Waals surface area contributed by atoms with E-state index in [0.29, 0.717) is 17.9 Å². The Hall–Kier alpha value is -0.860. The van der Waals surface area contributed by atoms with Crippen molar-refractivity contribution >= 4 is 39.9 Å². The molecule has 1 aromatic carbocycles. The minimum absolute atomic E-state index is 0. The summed E-state index contributed by atoms with van der Waals surface area (Å²) in [4.78, 5) is 12.1. The third-order valence-electron chi connectivity index (χ3n) is 3.76. The van der Waals surface area contributed by atoms with Crippen LogP contribution in [0.1, 0.15) is 25.7 Å². The number of sulfonamides is 1. The highest BCUT2D eigenvalue weighted by atomic mass is 35.5. The maximum atomic E-state index is 12.0. The van der Waals surface area contributed by atoms with Crippen molar-refractivity contribution in [3.05, 3.63) is 29.3 Å². The Morgan fingerprint density at radius 1 is 1.26 bits per heavy atom. The van der Waals surface area contributed by atoms with E-state index in [4.69, 9.17) is 17.3 Å². The molecule has 0 saturated heterocycles. The van der Waals surface area contributed by atoms with Crippen molar-refractivity contribution in [1.29, 1.82) is 0 Å². The van der Waals surface area contributed by atoms with Crippen LogP contribution in [-0.4, -0.2) is 33.0 Å². The Kier molecular flexibility index (Phi) is 7.29. The summed E-state index contributed by atoms with van der Waals surface area (Å²) in [6.07, 6.45) is 3.25. The van der Waals surface area contributed by atoms with E-state index in [2.05, 4.69) is 10.0 Å². The number of nitrogens with one attached hydrogen (secondary N) is 2. The zero-order chi connectivity index (χ0) is 16.2. The van der Waals surface area contributed by atoms with Gasteiger partial charge in [0.25, 0.3) is 0 Å². The van der Waals surface area contributed by atoms with Crippen LogP contribution in [0.4, 0.5) is 0 Å². The fourth-order valence-electron chi connectivity index (χ4n) is 2.49. The van der Waals surface area contributed by atoms with E-state index in [1.165, 1.54) is 12.1 Å². The monoisotopic (exact) mass is 381 g/mol. The molecule has 6 nitrogen and oxygen atoms in total. The van der Waals surface area contributed by atoms with Gasteiger partial charge in [0.2, 0.25) is 15.9 Å². The molecule has 1 aliphatic carbocycles. The van der Waals surface area contributed by atoms with Crippen LogP contribution in [0.2, 0.25) is 5.02 Å². The van der Waals surface area contributed by atoms with E-state index in [-0.39, 0.29) is 36.3 Å². The molecule has 0 aromatic heterocycles. The molecule has 1 aliphatic rings. The summed E-state index contributed by atoms with van der Waals surface area (Å²) in [6.45, 7) is 0.286. The summed E-state index contributed by atoms with van der Waals surface area (Å²) in [7, 11) is -3.63. The van der Waals surface area contributed by atoms with E-state index < -0.39 is 15.6 Å². The van der Waals surface area contributed by atoms with Gasteiger partial charge in [-0.05, 0) is 31.0 Å². The van der Waals surface area contributed by atoms with Gasteiger partial charge in [-0.25, -0.2) is 13.1 Å². The lowest BCUT2D eigenvalue weighted by Gasteiger charge is -2.22. The molecule has 1 saturated carbocycles.